The number of rotatable bonds is 10. The van der Waals surface area contributed by atoms with Gasteiger partial charge >= 0.3 is 6.18 Å². The van der Waals surface area contributed by atoms with Gasteiger partial charge in [-0.1, -0.05) is 36.0 Å². The highest BCUT2D eigenvalue weighted by Gasteiger charge is 2.31. The van der Waals surface area contributed by atoms with Crippen molar-refractivity contribution in [1.29, 1.82) is 0 Å². The van der Waals surface area contributed by atoms with Gasteiger partial charge in [0.05, 0.1) is 10.8 Å². The zero-order chi connectivity index (χ0) is 22.1. The normalized spacial score (nSPS) is 13.4. The predicted molar refractivity (Wildman–Crippen MR) is 109 cm³/mol. The van der Waals surface area contributed by atoms with Crippen LogP contribution in [-0.2, 0) is 26.9 Å². The molecule has 2 aromatic carbocycles. The van der Waals surface area contributed by atoms with Gasteiger partial charge in [-0.3, -0.25) is 9.59 Å². The van der Waals surface area contributed by atoms with E-state index < -0.39 is 23.1 Å². The second-order valence-electron chi connectivity index (χ2n) is 6.34. The molecular weight excluding hydrogens is 419 g/mol. The summed E-state index contributed by atoms with van der Waals surface area (Å²) in [6.45, 7) is 0.0268. The summed E-state index contributed by atoms with van der Waals surface area (Å²) in [5.41, 5.74) is 1.09. The third kappa shape index (κ3) is 6.77. The fraction of sp³-hybridized carbons (Fsp3) is 0.333. The zero-order valence-electron chi connectivity index (χ0n) is 16.4. The first-order valence-corrected chi connectivity index (χ1v) is 9.95. The lowest BCUT2D eigenvalue weighted by Crippen LogP contribution is -2.31. The number of halogens is 3. The molecule has 0 aliphatic heterocycles. The molecule has 9 heteroatoms. The molecule has 1 amide bonds. The Hall–Kier alpha value is -2.52. The van der Waals surface area contributed by atoms with Crippen LogP contribution >= 0.6 is 11.8 Å². The third-order valence-electron chi connectivity index (χ3n) is 4.37. The Balaban J connectivity index is 2.01. The molecule has 0 saturated heterocycles. The van der Waals surface area contributed by atoms with Crippen LogP contribution in [0.3, 0.4) is 0 Å². The molecule has 5 nitrogen and oxygen atoms in total. The quantitative estimate of drug-likeness (QED) is 0.564. The van der Waals surface area contributed by atoms with Crippen LogP contribution in [0.2, 0.25) is 0 Å². The van der Waals surface area contributed by atoms with Crippen molar-refractivity contribution >= 4 is 23.3 Å². The van der Waals surface area contributed by atoms with Gasteiger partial charge < -0.3 is 14.8 Å². The maximum Gasteiger partial charge on any atom is 0.416 e. The standard InChI is InChI=1S/C21H22F3NO4S/c1-25-20(27)19(30-13-26)10-14-6-8-17(9-7-14)29-12-18(28-2)15-4-3-5-16(11-15)21(22,23)24/h3-9,11,13,18-19H,10,12H2,1-2H3,(H,25,27). The van der Waals surface area contributed by atoms with E-state index in [0.717, 1.165) is 29.5 Å². The summed E-state index contributed by atoms with van der Waals surface area (Å²) in [7, 11) is 2.91. The molecule has 0 aromatic heterocycles. The number of amides is 1. The van der Waals surface area contributed by atoms with Crippen molar-refractivity contribution in [2.24, 2.45) is 0 Å². The molecule has 30 heavy (non-hydrogen) atoms. The van der Waals surface area contributed by atoms with Crippen LogP contribution in [0.15, 0.2) is 48.5 Å². The highest BCUT2D eigenvalue weighted by molar-refractivity contribution is 8.13. The van der Waals surface area contributed by atoms with E-state index in [9.17, 15) is 22.8 Å². The van der Waals surface area contributed by atoms with E-state index in [1.165, 1.54) is 20.2 Å². The maximum absolute atomic E-state index is 12.9. The van der Waals surface area contributed by atoms with Crippen LogP contribution in [0, 0.1) is 0 Å². The summed E-state index contributed by atoms with van der Waals surface area (Å²) >= 11 is 0.905. The number of methoxy groups -OCH3 is 1. The smallest absolute Gasteiger partial charge is 0.416 e. The van der Waals surface area contributed by atoms with Crippen LogP contribution in [0.25, 0.3) is 0 Å². The molecule has 0 aliphatic carbocycles. The van der Waals surface area contributed by atoms with Crippen LogP contribution < -0.4 is 10.1 Å². The van der Waals surface area contributed by atoms with E-state index >= 15 is 0 Å². The average molecular weight is 441 g/mol. The van der Waals surface area contributed by atoms with Crippen molar-refractivity contribution in [3.05, 3.63) is 65.2 Å². The first kappa shape index (κ1) is 23.8. The first-order valence-electron chi connectivity index (χ1n) is 9.01. The number of hydrogen-bond donors (Lipinski definition) is 1. The minimum atomic E-state index is -4.43. The van der Waals surface area contributed by atoms with Gasteiger partial charge in [0.2, 0.25) is 5.91 Å². The number of carbonyl (C=O) groups is 2. The molecule has 1 N–H and O–H groups in total. The largest absolute Gasteiger partial charge is 0.491 e. The van der Waals surface area contributed by atoms with Gasteiger partial charge in [0, 0.05) is 14.2 Å². The number of ether oxygens (including phenoxy) is 2. The minimum absolute atomic E-state index is 0.0268. The van der Waals surface area contributed by atoms with Gasteiger partial charge in [0.1, 0.15) is 18.5 Å². The fourth-order valence-corrected chi connectivity index (χ4v) is 3.42. The Morgan fingerprint density at radius 3 is 2.47 bits per heavy atom. The van der Waals surface area contributed by atoms with Gasteiger partial charge in [0.15, 0.2) is 5.62 Å². The Morgan fingerprint density at radius 1 is 1.20 bits per heavy atom. The summed E-state index contributed by atoms with van der Waals surface area (Å²) < 4.78 is 49.7. The molecule has 2 aromatic rings. The van der Waals surface area contributed by atoms with Crippen molar-refractivity contribution < 1.29 is 32.2 Å². The number of carbonyl (C=O) groups excluding carboxylic acids is 2. The topological polar surface area (TPSA) is 64.6 Å². The lowest BCUT2D eigenvalue weighted by Gasteiger charge is -2.18. The van der Waals surface area contributed by atoms with Crippen LogP contribution in [0.5, 0.6) is 5.75 Å². The Morgan fingerprint density at radius 2 is 1.90 bits per heavy atom. The van der Waals surface area contributed by atoms with Gasteiger partial charge in [-0.05, 0) is 41.8 Å². The number of thioether (sulfide) groups is 1. The summed E-state index contributed by atoms with van der Waals surface area (Å²) in [4.78, 5) is 22.5. The minimum Gasteiger partial charge on any atom is -0.491 e. The lowest BCUT2D eigenvalue weighted by atomic mass is 10.1. The van der Waals surface area contributed by atoms with Crippen molar-refractivity contribution in [3.8, 4) is 5.75 Å². The van der Waals surface area contributed by atoms with Crippen molar-refractivity contribution in [2.45, 2.75) is 24.0 Å². The van der Waals surface area contributed by atoms with Gasteiger partial charge in [-0.2, -0.15) is 13.2 Å². The third-order valence-corrected chi connectivity index (χ3v) is 5.20. The van der Waals surface area contributed by atoms with Crippen molar-refractivity contribution in [1.82, 2.24) is 5.32 Å². The number of alkyl halides is 3. The second kappa shape index (κ2) is 11.0. The molecular formula is C21H22F3NO4S. The molecule has 2 rings (SSSR count). The highest BCUT2D eigenvalue weighted by Crippen LogP contribution is 2.31. The highest BCUT2D eigenvalue weighted by atomic mass is 32.2. The van der Waals surface area contributed by atoms with E-state index in [1.54, 1.807) is 30.3 Å². The Labute approximate surface area is 176 Å². The van der Waals surface area contributed by atoms with E-state index in [-0.39, 0.29) is 12.5 Å². The summed E-state index contributed by atoms with van der Waals surface area (Å²) in [5, 5.41) is 1.99. The fourth-order valence-electron chi connectivity index (χ4n) is 2.75. The SMILES string of the molecule is CNC(=O)C(Cc1ccc(OCC(OC)c2cccc(C(F)(F)F)c2)cc1)SC=O. The first-order chi connectivity index (χ1) is 14.3. The molecule has 0 spiro atoms. The summed E-state index contributed by atoms with van der Waals surface area (Å²) in [6.07, 6.45) is -4.73. The van der Waals surface area contributed by atoms with Crippen molar-refractivity contribution in [2.75, 3.05) is 20.8 Å². The van der Waals surface area contributed by atoms with Gasteiger partial charge in [-0.15, -0.1) is 0 Å². The molecule has 0 bridgehead atoms. The van der Waals surface area contributed by atoms with Gasteiger partial charge in [-0.25, -0.2) is 0 Å². The molecule has 0 saturated carbocycles. The van der Waals surface area contributed by atoms with Crippen LogP contribution in [0.4, 0.5) is 13.2 Å². The second-order valence-corrected chi connectivity index (χ2v) is 7.38. The zero-order valence-corrected chi connectivity index (χ0v) is 17.3. The number of benzene rings is 2. The molecule has 0 radical (unpaired) electrons. The lowest BCUT2D eigenvalue weighted by molar-refractivity contribution is -0.137. The van der Waals surface area contributed by atoms with Gasteiger partial charge in [0.25, 0.3) is 0 Å². The Kier molecular flexibility index (Phi) is 8.73. The van der Waals surface area contributed by atoms with Crippen LogP contribution in [0.1, 0.15) is 22.8 Å². The van der Waals surface area contributed by atoms with Crippen molar-refractivity contribution in [3.63, 3.8) is 0 Å². The predicted octanol–water partition coefficient (Wildman–Crippen LogP) is 4.05. The molecule has 2 atom stereocenters. The average Bonchev–Trinajstić information content (AvgIpc) is 2.74. The molecule has 162 valence electrons. The van der Waals surface area contributed by atoms with Crippen LogP contribution in [-0.4, -0.2) is 37.5 Å². The number of hydrogen-bond acceptors (Lipinski definition) is 5. The summed E-state index contributed by atoms with van der Waals surface area (Å²) in [5.74, 6) is 0.267. The van der Waals surface area contributed by atoms with E-state index in [1.807, 2.05) is 0 Å². The maximum atomic E-state index is 12.9. The molecule has 0 heterocycles. The summed E-state index contributed by atoms with van der Waals surface area (Å²) in [6, 6.07) is 11.9. The molecule has 0 aliphatic rings. The molecule has 0 fully saturated rings. The van der Waals surface area contributed by atoms with E-state index in [2.05, 4.69) is 5.32 Å². The Bertz CT molecular complexity index is 843. The number of nitrogens with one attached hydrogen (secondary N) is 1. The van der Waals surface area contributed by atoms with E-state index in [4.69, 9.17) is 9.47 Å². The molecule has 2 unspecified atom stereocenters. The van der Waals surface area contributed by atoms with E-state index in [0.29, 0.717) is 23.4 Å². The monoisotopic (exact) mass is 441 g/mol.